The molecule has 3 rings (SSSR count). The first-order valence-corrected chi connectivity index (χ1v) is 10.0. The molecule has 1 saturated heterocycles. The average Bonchev–Trinajstić information content (AvgIpc) is 3.13. The molecule has 7 nitrogen and oxygen atoms in total. The fourth-order valence-corrected chi connectivity index (χ4v) is 3.81. The molecule has 1 saturated carbocycles. The van der Waals surface area contributed by atoms with E-state index >= 15 is 0 Å². The SMILES string of the molecule is C=CC(C)(O)CN1CCN(Cc2nc(C(=O)NC3CCCCC3)co2)CC1. The van der Waals surface area contributed by atoms with Gasteiger partial charge in [-0.05, 0) is 19.8 Å². The van der Waals surface area contributed by atoms with Gasteiger partial charge in [0.05, 0.1) is 12.1 Å². The van der Waals surface area contributed by atoms with E-state index in [9.17, 15) is 9.90 Å². The van der Waals surface area contributed by atoms with Crippen molar-refractivity contribution in [2.24, 2.45) is 0 Å². The smallest absolute Gasteiger partial charge is 0.273 e. The molecule has 27 heavy (non-hydrogen) atoms. The molecule has 2 heterocycles. The minimum absolute atomic E-state index is 0.131. The number of nitrogens with one attached hydrogen (secondary N) is 1. The molecule has 2 aliphatic rings. The van der Waals surface area contributed by atoms with Crippen molar-refractivity contribution < 1.29 is 14.3 Å². The maximum Gasteiger partial charge on any atom is 0.273 e. The van der Waals surface area contributed by atoms with Crippen molar-refractivity contribution >= 4 is 5.91 Å². The lowest BCUT2D eigenvalue weighted by atomic mass is 9.95. The molecule has 150 valence electrons. The molecule has 1 unspecified atom stereocenters. The van der Waals surface area contributed by atoms with Crippen molar-refractivity contribution in [3.8, 4) is 0 Å². The first kappa shape index (κ1) is 20.0. The van der Waals surface area contributed by atoms with Crippen LogP contribution in [0.4, 0.5) is 0 Å². The van der Waals surface area contributed by atoms with E-state index in [0.29, 0.717) is 24.7 Å². The average molecular weight is 377 g/mol. The summed E-state index contributed by atoms with van der Waals surface area (Å²) in [5.74, 6) is 0.448. The second-order valence-corrected chi connectivity index (χ2v) is 8.05. The summed E-state index contributed by atoms with van der Waals surface area (Å²) >= 11 is 0. The molecular formula is C20H32N4O3. The topological polar surface area (TPSA) is 81.8 Å². The van der Waals surface area contributed by atoms with Crippen molar-refractivity contribution in [3.63, 3.8) is 0 Å². The number of carbonyl (C=O) groups is 1. The summed E-state index contributed by atoms with van der Waals surface area (Å²) in [5, 5.41) is 13.2. The number of oxazole rings is 1. The predicted molar refractivity (Wildman–Crippen MR) is 103 cm³/mol. The van der Waals surface area contributed by atoms with Crippen LogP contribution in [0.15, 0.2) is 23.3 Å². The number of β-amino-alcohol motifs (C(OH)–C–C–N with tert-alkyl or cyclic N) is 1. The van der Waals surface area contributed by atoms with E-state index in [4.69, 9.17) is 4.42 Å². The molecule has 0 bridgehead atoms. The molecule has 7 heteroatoms. The van der Waals surface area contributed by atoms with Crippen LogP contribution >= 0.6 is 0 Å². The van der Waals surface area contributed by atoms with Gasteiger partial charge in [0, 0.05) is 38.8 Å². The van der Waals surface area contributed by atoms with Crippen LogP contribution in [0, 0.1) is 0 Å². The van der Waals surface area contributed by atoms with E-state index in [-0.39, 0.29) is 11.9 Å². The summed E-state index contributed by atoms with van der Waals surface area (Å²) in [4.78, 5) is 21.2. The highest BCUT2D eigenvalue weighted by molar-refractivity contribution is 5.92. The van der Waals surface area contributed by atoms with Crippen LogP contribution in [0.3, 0.4) is 0 Å². The van der Waals surface area contributed by atoms with Crippen molar-refractivity contribution in [2.75, 3.05) is 32.7 Å². The van der Waals surface area contributed by atoms with Gasteiger partial charge in [0.1, 0.15) is 6.26 Å². The lowest BCUT2D eigenvalue weighted by molar-refractivity contribution is 0.0348. The first-order chi connectivity index (χ1) is 12.9. The van der Waals surface area contributed by atoms with Gasteiger partial charge in [-0.3, -0.25) is 14.6 Å². The molecule has 2 fully saturated rings. The quantitative estimate of drug-likeness (QED) is 0.706. The third kappa shape index (κ3) is 5.89. The van der Waals surface area contributed by atoms with E-state index in [1.807, 2.05) is 0 Å². The number of hydrogen-bond donors (Lipinski definition) is 2. The maximum absolute atomic E-state index is 12.3. The molecular weight excluding hydrogens is 344 g/mol. The van der Waals surface area contributed by atoms with E-state index in [1.165, 1.54) is 25.5 Å². The number of amides is 1. The number of piperazine rings is 1. The van der Waals surface area contributed by atoms with Crippen molar-refractivity contribution in [1.29, 1.82) is 0 Å². The summed E-state index contributed by atoms with van der Waals surface area (Å²) in [5.41, 5.74) is -0.484. The molecule has 1 aliphatic heterocycles. The first-order valence-electron chi connectivity index (χ1n) is 10.0. The van der Waals surface area contributed by atoms with Gasteiger partial charge in [0.2, 0.25) is 5.89 Å². The molecule has 2 N–H and O–H groups in total. The highest BCUT2D eigenvalue weighted by Crippen LogP contribution is 2.18. The van der Waals surface area contributed by atoms with Gasteiger partial charge in [-0.25, -0.2) is 4.98 Å². The second kappa shape index (κ2) is 8.99. The minimum Gasteiger partial charge on any atom is -0.447 e. The lowest BCUT2D eigenvalue weighted by Crippen LogP contribution is -2.50. The largest absolute Gasteiger partial charge is 0.447 e. The standard InChI is InChI=1S/C20H32N4O3/c1-3-20(2,26)15-24-11-9-23(10-12-24)13-18-22-17(14-27-18)19(25)21-16-7-5-4-6-8-16/h3,14,16,26H,1,4-13,15H2,2H3,(H,21,25). The second-order valence-electron chi connectivity index (χ2n) is 8.05. The van der Waals surface area contributed by atoms with Crippen molar-refractivity contribution in [3.05, 3.63) is 30.5 Å². The van der Waals surface area contributed by atoms with Crippen LogP contribution in [-0.2, 0) is 6.54 Å². The van der Waals surface area contributed by atoms with Crippen molar-refractivity contribution in [1.82, 2.24) is 20.1 Å². The Morgan fingerprint density at radius 1 is 1.33 bits per heavy atom. The summed E-state index contributed by atoms with van der Waals surface area (Å²) in [7, 11) is 0. The van der Waals surface area contributed by atoms with E-state index in [2.05, 4.69) is 26.7 Å². The molecule has 1 amide bonds. The Kier molecular flexibility index (Phi) is 6.68. The molecule has 0 aromatic carbocycles. The van der Waals surface area contributed by atoms with Crippen LogP contribution < -0.4 is 5.32 Å². The Bertz CT molecular complexity index is 629. The Morgan fingerprint density at radius 3 is 2.67 bits per heavy atom. The fraction of sp³-hybridized carbons (Fsp3) is 0.700. The van der Waals surface area contributed by atoms with Gasteiger partial charge in [0.25, 0.3) is 5.91 Å². The number of carbonyl (C=O) groups excluding carboxylic acids is 1. The normalized spacial score (nSPS) is 22.3. The molecule has 0 spiro atoms. The van der Waals surface area contributed by atoms with E-state index in [0.717, 1.165) is 39.0 Å². The summed E-state index contributed by atoms with van der Waals surface area (Å²) in [6, 6.07) is 0.271. The van der Waals surface area contributed by atoms with Crippen LogP contribution in [0.2, 0.25) is 0 Å². The zero-order valence-corrected chi connectivity index (χ0v) is 16.3. The lowest BCUT2D eigenvalue weighted by Gasteiger charge is -2.36. The fourth-order valence-electron chi connectivity index (χ4n) is 3.81. The Balaban J connectivity index is 1.44. The van der Waals surface area contributed by atoms with Crippen LogP contribution in [0.5, 0.6) is 0 Å². The van der Waals surface area contributed by atoms with Gasteiger partial charge in [-0.2, -0.15) is 0 Å². The predicted octanol–water partition coefficient (Wildman–Crippen LogP) is 1.79. The van der Waals surface area contributed by atoms with Gasteiger partial charge < -0.3 is 14.8 Å². The Morgan fingerprint density at radius 2 is 2.00 bits per heavy atom. The monoisotopic (exact) mass is 376 g/mol. The number of nitrogens with zero attached hydrogens (tertiary/aromatic N) is 3. The number of rotatable bonds is 7. The van der Waals surface area contributed by atoms with Gasteiger partial charge in [-0.15, -0.1) is 6.58 Å². The van der Waals surface area contributed by atoms with Crippen LogP contribution in [0.1, 0.15) is 55.4 Å². The molecule has 1 atom stereocenters. The van der Waals surface area contributed by atoms with Gasteiger partial charge in [0.15, 0.2) is 5.69 Å². The number of hydrogen-bond acceptors (Lipinski definition) is 6. The summed E-state index contributed by atoms with van der Waals surface area (Å²) in [6.45, 7) is 10.1. The maximum atomic E-state index is 12.3. The van der Waals surface area contributed by atoms with Crippen molar-refractivity contribution in [2.45, 2.75) is 57.2 Å². The highest BCUT2D eigenvalue weighted by Gasteiger charge is 2.25. The summed E-state index contributed by atoms with van der Waals surface area (Å²) < 4.78 is 5.52. The minimum atomic E-state index is -0.856. The van der Waals surface area contributed by atoms with Crippen LogP contribution in [-0.4, -0.2) is 70.2 Å². The van der Waals surface area contributed by atoms with Gasteiger partial charge >= 0.3 is 0 Å². The van der Waals surface area contributed by atoms with E-state index in [1.54, 1.807) is 13.0 Å². The zero-order valence-electron chi connectivity index (χ0n) is 16.3. The highest BCUT2D eigenvalue weighted by atomic mass is 16.3. The summed E-state index contributed by atoms with van der Waals surface area (Å²) in [6.07, 6.45) is 8.79. The molecule has 1 aliphatic carbocycles. The molecule has 1 aromatic rings. The molecule has 1 aromatic heterocycles. The van der Waals surface area contributed by atoms with Crippen LogP contribution in [0.25, 0.3) is 0 Å². The number of aromatic nitrogens is 1. The zero-order chi connectivity index (χ0) is 19.3. The number of aliphatic hydroxyl groups is 1. The third-order valence-electron chi connectivity index (χ3n) is 5.53. The third-order valence-corrected chi connectivity index (χ3v) is 5.53. The van der Waals surface area contributed by atoms with E-state index < -0.39 is 5.60 Å². The van der Waals surface area contributed by atoms with Gasteiger partial charge in [-0.1, -0.05) is 25.3 Å². The Hall–Kier alpha value is -1.70. The molecule has 0 radical (unpaired) electrons. The Labute approximate surface area is 161 Å².